The topological polar surface area (TPSA) is 105 Å². The van der Waals surface area contributed by atoms with Crippen molar-refractivity contribution in [1.82, 2.24) is 10.6 Å². The van der Waals surface area contributed by atoms with Crippen molar-refractivity contribution >= 4 is 30.6 Å². The van der Waals surface area contributed by atoms with Gasteiger partial charge < -0.3 is 20.5 Å². The molecule has 2 atom stereocenters. The van der Waals surface area contributed by atoms with Crippen LogP contribution in [0.2, 0.25) is 0 Å². The van der Waals surface area contributed by atoms with Gasteiger partial charge in [0.2, 0.25) is 5.91 Å². The minimum Gasteiger partial charge on any atom is -0.480 e. The fourth-order valence-corrected chi connectivity index (χ4v) is 4.20. The molecule has 0 radical (unpaired) electrons. The molecule has 2 amide bonds. The van der Waals surface area contributed by atoms with E-state index in [9.17, 15) is 19.5 Å². The van der Waals surface area contributed by atoms with Crippen LogP contribution in [0.5, 0.6) is 0 Å². The zero-order chi connectivity index (χ0) is 23.3. The number of nitrogens with one attached hydrogen (secondary N) is 2. The molecular formula is C24H28N2O5S. The maximum absolute atomic E-state index is 12.5. The second-order valence-electron chi connectivity index (χ2n) is 8.23. The minimum atomic E-state index is -1.12. The summed E-state index contributed by atoms with van der Waals surface area (Å²) in [5.74, 6) is -1.74. The number of fused-ring (bicyclic) bond motifs is 3. The molecule has 0 bridgehead atoms. The zero-order valence-electron chi connectivity index (χ0n) is 18.1. The molecular weight excluding hydrogens is 428 g/mol. The van der Waals surface area contributed by atoms with Gasteiger partial charge in [0.15, 0.2) is 0 Å². The number of carboxylic acid groups (broad SMARTS) is 1. The van der Waals surface area contributed by atoms with Crippen molar-refractivity contribution in [3.8, 4) is 11.1 Å². The van der Waals surface area contributed by atoms with E-state index in [2.05, 4.69) is 23.3 Å². The van der Waals surface area contributed by atoms with Gasteiger partial charge >= 0.3 is 12.1 Å². The summed E-state index contributed by atoms with van der Waals surface area (Å²) in [6.45, 7) is 3.85. The Bertz CT molecular complexity index is 948. The second kappa shape index (κ2) is 10.5. The highest BCUT2D eigenvalue weighted by molar-refractivity contribution is 7.80. The molecule has 0 aliphatic heterocycles. The number of aliphatic carboxylic acids is 1. The van der Waals surface area contributed by atoms with Crippen molar-refractivity contribution in [3.05, 3.63) is 59.7 Å². The Morgan fingerprint density at radius 1 is 0.969 bits per heavy atom. The fraction of sp³-hybridized carbons (Fsp3) is 0.375. The van der Waals surface area contributed by atoms with Gasteiger partial charge in [0.05, 0.1) is 0 Å². The third-order valence-electron chi connectivity index (χ3n) is 5.46. The van der Waals surface area contributed by atoms with Crippen LogP contribution in [-0.4, -0.2) is 47.5 Å². The van der Waals surface area contributed by atoms with Gasteiger partial charge in [-0.25, -0.2) is 9.59 Å². The van der Waals surface area contributed by atoms with E-state index in [1.807, 2.05) is 62.4 Å². The first-order valence-corrected chi connectivity index (χ1v) is 11.2. The van der Waals surface area contributed by atoms with Gasteiger partial charge in [0.1, 0.15) is 18.7 Å². The Hall–Kier alpha value is -3.00. The summed E-state index contributed by atoms with van der Waals surface area (Å²) >= 11 is 4.12. The number of carbonyl (C=O) groups is 3. The number of benzene rings is 2. The lowest BCUT2D eigenvalue weighted by molar-refractivity contribution is -0.142. The molecule has 3 N–H and O–H groups in total. The smallest absolute Gasteiger partial charge is 0.407 e. The molecule has 0 aromatic heterocycles. The number of ether oxygens (including phenoxy) is 1. The molecule has 1 aliphatic carbocycles. The number of carbonyl (C=O) groups excluding carboxylic acids is 2. The van der Waals surface area contributed by atoms with Gasteiger partial charge in [-0.3, -0.25) is 4.79 Å². The summed E-state index contributed by atoms with van der Waals surface area (Å²) in [5.41, 5.74) is 4.41. The Morgan fingerprint density at radius 3 is 2.03 bits per heavy atom. The molecule has 8 heteroatoms. The number of alkyl carbamates (subject to hydrolysis) is 1. The fourth-order valence-electron chi connectivity index (χ4n) is 3.94. The van der Waals surface area contributed by atoms with Gasteiger partial charge in [-0.1, -0.05) is 62.4 Å². The van der Waals surface area contributed by atoms with Crippen molar-refractivity contribution in [2.75, 3.05) is 12.4 Å². The van der Waals surface area contributed by atoms with Crippen LogP contribution in [0.1, 0.15) is 37.3 Å². The van der Waals surface area contributed by atoms with Crippen LogP contribution in [-0.2, 0) is 14.3 Å². The van der Waals surface area contributed by atoms with E-state index in [0.717, 1.165) is 22.3 Å². The van der Waals surface area contributed by atoms with Crippen molar-refractivity contribution < 1.29 is 24.2 Å². The first-order chi connectivity index (χ1) is 15.3. The zero-order valence-corrected chi connectivity index (χ0v) is 19.0. The van der Waals surface area contributed by atoms with Crippen LogP contribution in [0.4, 0.5) is 4.79 Å². The molecule has 3 rings (SSSR count). The highest BCUT2D eigenvalue weighted by Crippen LogP contribution is 2.44. The van der Waals surface area contributed by atoms with E-state index in [4.69, 9.17) is 4.74 Å². The van der Waals surface area contributed by atoms with Crippen LogP contribution in [0.25, 0.3) is 11.1 Å². The number of amides is 2. The molecule has 32 heavy (non-hydrogen) atoms. The summed E-state index contributed by atoms with van der Waals surface area (Å²) in [4.78, 5) is 36.3. The molecule has 2 aromatic carbocycles. The number of rotatable bonds is 9. The summed E-state index contributed by atoms with van der Waals surface area (Å²) in [5, 5.41) is 14.3. The van der Waals surface area contributed by atoms with Gasteiger partial charge in [0.25, 0.3) is 0 Å². The Balaban J connectivity index is 1.61. The van der Waals surface area contributed by atoms with Crippen molar-refractivity contribution in [2.24, 2.45) is 5.92 Å². The normalized spacial score (nSPS) is 14.2. The van der Waals surface area contributed by atoms with Gasteiger partial charge in [-0.05, 0) is 34.6 Å². The molecule has 2 aromatic rings. The Labute approximate surface area is 193 Å². The lowest BCUT2D eigenvalue weighted by Gasteiger charge is -2.21. The third-order valence-corrected chi connectivity index (χ3v) is 5.82. The standard InChI is InChI=1S/C24H28N2O5S/c1-14(2)11-20(23(28)29)25-22(27)21(13-32)26-24(30)31-12-19-17-9-5-3-7-15(17)16-8-4-6-10-18(16)19/h3-10,14,19-21,32H,11-13H2,1-2H3,(H,25,27)(H,26,30)(H,28,29)/t20-,21-/m0/s1. The first kappa shape index (κ1) is 23.7. The number of hydrogen-bond acceptors (Lipinski definition) is 5. The van der Waals surface area contributed by atoms with E-state index < -0.39 is 30.1 Å². The van der Waals surface area contributed by atoms with Crippen molar-refractivity contribution in [1.29, 1.82) is 0 Å². The van der Waals surface area contributed by atoms with Crippen LogP contribution >= 0.6 is 12.6 Å². The van der Waals surface area contributed by atoms with Gasteiger partial charge in [-0.2, -0.15) is 12.6 Å². The third kappa shape index (κ3) is 5.43. The predicted octanol–water partition coefficient (Wildman–Crippen LogP) is 3.44. The SMILES string of the molecule is CC(C)C[C@H](NC(=O)[C@H](CS)NC(=O)OCC1c2ccccc2-c2ccccc21)C(=O)O. The first-order valence-electron chi connectivity index (χ1n) is 10.6. The molecule has 0 fully saturated rings. The van der Waals surface area contributed by atoms with E-state index in [1.165, 1.54) is 0 Å². The average Bonchev–Trinajstić information content (AvgIpc) is 3.09. The number of thiol groups is 1. The van der Waals surface area contributed by atoms with E-state index in [1.54, 1.807) is 0 Å². The lowest BCUT2D eigenvalue weighted by atomic mass is 9.98. The average molecular weight is 457 g/mol. The predicted molar refractivity (Wildman–Crippen MR) is 125 cm³/mol. The lowest BCUT2D eigenvalue weighted by Crippen LogP contribution is -2.52. The molecule has 1 aliphatic rings. The summed E-state index contributed by atoms with van der Waals surface area (Å²) in [6.07, 6.45) is -0.470. The number of hydrogen-bond donors (Lipinski definition) is 4. The summed E-state index contributed by atoms with van der Waals surface area (Å²) in [7, 11) is 0. The Kier molecular flexibility index (Phi) is 7.80. The molecule has 0 saturated heterocycles. The van der Waals surface area contributed by atoms with Crippen molar-refractivity contribution in [2.45, 2.75) is 38.3 Å². The van der Waals surface area contributed by atoms with E-state index in [0.29, 0.717) is 0 Å². The monoisotopic (exact) mass is 456 g/mol. The van der Waals surface area contributed by atoms with Gasteiger partial charge in [0, 0.05) is 11.7 Å². The summed E-state index contributed by atoms with van der Waals surface area (Å²) in [6, 6.07) is 14.0. The van der Waals surface area contributed by atoms with Crippen LogP contribution in [0, 0.1) is 5.92 Å². The van der Waals surface area contributed by atoms with Crippen molar-refractivity contribution in [3.63, 3.8) is 0 Å². The molecule has 0 unspecified atom stereocenters. The highest BCUT2D eigenvalue weighted by Gasteiger charge is 2.30. The molecule has 170 valence electrons. The number of carboxylic acids is 1. The molecule has 0 heterocycles. The quantitative estimate of drug-likeness (QED) is 0.433. The minimum absolute atomic E-state index is 0.00401. The maximum Gasteiger partial charge on any atom is 0.407 e. The molecule has 0 spiro atoms. The Morgan fingerprint density at radius 2 is 1.53 bits per heavy atom. The molecule has 0 saturated carbocycles. The highest BCUT2D eigenvalue weighted by atomic mass is 32.1. The van der Waals surface area contributed by atoms with Gasteiger partial charge in [-0.15, -0.1) is 0 Å². The summed E-state index contributed by atoms with van der Waals surface area (Å²) < 4.78 is 5.46. The maximum atomic E-state index is 12.5. The molecule has 7 nitrogen and oxygen atoms in total. The van der Waals surface area contributed by atoms with Crippen LogP contribution in [0.15, 0.2) is 48.5 Å². The van der Waals surface area contributed by atoms with E-state index >= 15 is 0 Å². The van der Waals surface area contributed by atoms with E-state index in [-0.39, 0.29) is 30.6 Å². The van der Waals surface area contributed by atoms with Crippen LogP contribution < -0.4 is 10.6 Å². The van der Waals surface area contributed by atoms with Crippen LogP contribution in [0.3, 0.4) is 0 Å². The largest absolute Gasteiger partial charge is 0.480 e. The second-order valence-corrected chi connectivity index (χ2v) is 8.60.